The number of para-hydroxylation sites is 2. The van der Waals surface area contributed by atoms with Gasteiger partial charge in [-0.1, -0.05) is 12.1 Å². The third-order valence-electron chi connectivity index (χ3n) is 3.01. The van der Waals surface area contributed by atoms with E-state index in [1.807, 2.05) is 18.2 Å². The Labute approximate surface area is 115 Å². The molecule has 7 nitrogen and oxygen atoms in total. The van der Waals surface area contributed by atoms with Crippen LogP contribution >= 0.6 is 0 Å². The average Bonchev–Trinajstić information content (AvgIpc) is 2.99. The normalized spacial score (nSPS) is 16.8. The van der Waals surface area contributed by atoms with Crippen LogP contribution in [0.4, 0.5) is 0 Å². The zero-order valence-corrected chi connectivity index (χ0v) is 10.9. The van der Waals surface area contributed by atoms with E-state index < -0.39 is 6.10 Å². The second-order valence-corrected chi connectivity index (χ2v) is 4.49. The monoisotopic (exact) mass is 274 g/mol. The smallest absolute Gasteiger partial charge is 0.267 e. The van der Waals surface area contributed by atoms with Crippen molar-refractivity contribution in [3.8, 4) is 11.5 Å². The fourth-order valence-corrected chi connectivity index (χ4v) is 2.00. The van der Waals surface area contributed by atoms with Crippen LogP contribution in [0.3, 0.4) is 0 Å². The molecule has 1 aromatic heterocycles. The number of nitrogens with one attached hydrogen (secondary N) is 1. The van der Waals surface area contributed by atoms with Crippen molar-refractivity contribution in [2.75, 3.05) is 13.7 Å². The Bertz CT molecular complexity index is 599. The molecule has 1 atom stereocenters. The van der Waals surface area contributed by atoms with Crippen molar-refractivity contribution in [3.05, 3.63) is 36.4 Å². The number of carbonyl (C=O) groups is 1. The molecular formula is C13H14N4O3. The predicted octanol–water partition coefficient (Wildman–Crippen LogP) is 0.603. The van der Waals surface area contributed by atoms with E-state index in [4.69, 9.17) is 9.47 Å². The molecule has 104 valence electrons. The van der Waals surface area contributed by atoms with Gasteiger partial charge in [0.2, 0.25) is 6.10 Å². The van der Waals surface area contributed by atoms with Crippen LogP contribution < -0.4 is 9.47 Å². The highest BCUT2D eigenvalue weighted by Crippen LogP contribution is 2.31. The third kappa shape index (κ3) is 2.42. The van der Waals surface area contributed by atoms with Crippen LogP contribution in [0.5, 0.6) is 11.5 Å². The Kier molecular flexibility index (Phi) is 3.24. The van der Waals surface area contributed by atoms with Crippen molar-refractivity contribution in [2.45, 2.75) is 12.6 Å². The number of fused-ring (bicyclic) bond motifs is 1. The molecule has 0 bridgehead atoms. The number of benzene rings is 1. The Morgan fingerprint density at radius 3 is 3.00 bits per heavy atom. The topological polar surface area (TPSA) is 80.3 Å². The highest BCUT2D eigenvalue weighted by molar-refractivity contribution is 5.81. The maximum absolute atomic E-state index is 12.3. The molecule has 2 aromatic rings. The minimum atomic E-state index is -0.641. The van der Waals surface area contributed by atoms with Gasteiger partial charge >= 0.3 is 0 Å². The van der Waals surface area contributed by atoms with Gasteiger partial charge in [0.25, 0.3) is 5.91 Å². The van der Waals surface area contributed by atoms with Crippen LogP contribution in [-0.2, 0) is 11.3 Å². The number of ether oxygens (including phenoxy) is 2. The number of hydrogen-bond acceptors (Lipinski definition) is 5. The van der Waals surface area contributed by atoms with Crippen LogP contribution in [0.1, 0.15) is 5.82 Å². The third-order valence-corrected chi connectivity index (χ3v) is 3.01. The molecule has 1 aliphatic heterocycles. The van der Waals surface area contributed by atoms with E-state index in [2.05, 4.69) is 15.2 Å². The fourth-order valence-electron chi connectivity index (χ4n) is 2.00. The van der Waals surface area contributed by atoms with Crippen LogP contribution in [0.15, 0.2) is 30.6 Å². The van der Waals surface area contributed by atoms with E-state index in [0.29, 0.717) is 23.9 Å². The molecule has 1 amide bonds. The molecular weight excluding hydrogens is 260 g/mol. The minimum absolute atomic E-state index is 0.157. The van der Waals surface area contributed by atoms with Crippen molar-refractivity contribution in [1.82, 2.24) is 20.1 Å². The van der Waals surface area contributed by atoms with E-state index in [1.54, 1.807) is 13.1 Å². The molecule has 0 fully saturated rings. The second-order valence-electron chi connectivity index (χ2n) is 4.49. The van der Waals surface area contributed by atoms with Gasteiger partial charge in [-0.15, -0.1) is 0 Å². The summed E-state index contributed by atoms with van der Waals surface area (Å²) in [5, 5.41) is 6.46. The molecule has 0 radical (unpaired) electrons. The van der Waals surface area contributed by atoms with Crippen molar-refractivity contribution >= 4 is 5.91 Å². The summed E-state index contributed by atoms with van der Waals surface area (Å²) in [6, 6.07) is 7.30. The average molecular weight is 274 g/mol. The highest BCUT2D eigenvalue weighted by Gasteiger charge is 2.29. The van der Waals surface area contributed by atoms with Crippen molar-refractivity contribution in [3.63, 3.8) is 0 Å². The molecule has 20 heavy (non-hydrogen) atoms. The number of likely N-dealkylation sites (N-methyl/N-ethyl adjacent to an activating group) is 1. The van der Waals surface area contributed by atoms with Gasteiger partial charge in [-0.05, 0) is 12.1 Å². The molecule has 0 spiro atoms. The SMILES string of the molecule is CN(Cc1ncn[nH]1)C(=O)C1COc2ccccc2O1. The lowest BCUT2D eigenvalue weighted by Gasteiger charge is -2.28. The lowest BCUT2D eigenvalue weighted by atomic mass is 10.2. The number of amides is 1. The molecule has 1 unspecified atom stereocenters. The minimum Gasteiger partial charge on any atom is -0.485 e. The quantitative estimate of drug-likeness (QED) is 0.886. The summed E-state index contributed by atoms with van der Waals surface area (Å²) in [6.45, 7) is 0.553. The highest BCUT2D eigenvalue weighted by atomic mass is 16.6. The van der Waals surface area contributed by atoms with E-state index in [-0.39, 0.29) is 12.5 Å². The first-order valence-corrected chi connectivity index (χ1v) is 6.22. The number of hydrogen-bond donors (Lipinski definition) is 1. The van der Waals surface area contributed by atoms with Crippen LogP contribution in [0, 0.1) is 0 Å². The summed E-state index contributed by atoms with van der Waals surface area (Å²) in [4.78, 5) is 17.8. The van der Waals surface area contributed by atoms with Crippen LogP contribution in [0.2, 0.25) is 0 Å². The number of nitrogens with zero attached hydrogens (tertiary/aromatic N) is 3. The lowest BCUT2D eigenvalue weighted by molar-refractivity contribution is -0.140. The fraction of sp³-hybridized carbons (Fsp3) is 0.308. The van der Waals surface area contributed by atoms with E-state index in [1.165, 1.54) is 11.2 Å². The second kappa shape index (κ2) is 5.20. The maximum atomic E-state index is 12.3. The zero-order valence-electron chi connectivity index (χ0n) is 10.9. The number of rotatable bonds is 3. The number of carbonyl (C=O) groups excluding carboxylic acids is 1. The van der Waals surface area contributed by atoms with Gasteiger partial charge in [-0.25, -0.2) is 4.98 Å². The molecule has 0 saturated heterocycles. The van der Waals surface area contributed by atoms with Crippen LogP contribution in [0.25, 0.3) is 0 Å². The summed E-state index contributed by atoms with van der Waals surface area (Å²) >= 11 is 0. The predicted molar refractivity (Wildman–Crippen MR) is 69.2 cm³/mol. The summed E-state index contributed by atoms with van der Waals surface area (Å²) in [6.07, 6.45) is 0.766. The molecule has 0 aliphatic carbocycles. The van der Waals surface area contributed by atoms with Gasteiger partial charge in [0, 0.05) is 7.05 Å². The van der Waals surface area contributed by atoms with Gasteiger partial charge in [0.05, 0.1) is 6.54 Å². The lowest BCUT2D eigenvalue weighted by Crippen LogP contribution is -2.44. The molecule has 1 aromatic carbocycles. The summed E-state index contributed by atoms with van der Waals surface area (Å²) in [5.41, 5.74) is 0. The number of aromatic amines is 1. The molecule has 2 heterocycles. The Morgan fingerprint density at radius 2 is 2.25 bits per heavy atom. The van der Waals surface area contributed by atoms with Crippen LogP contribution in [-0.4, -0.2) is 45.7 Å². The van der Waals surface area contributed by atoms with E-state index >= 15 is 0 Å². The van der Waals surface area contributed by atoms with Crippen molar-refractivity contribution in [1.29, 1.82) is 0 Å². The number of H-pyrrole nitrogens is 1. The molecule has 7 heteroatoms. The maximum Gasteiger partial charge on any atom is 0.267 e. The first-order chi connectivity index (χ1) is 9.74. The van der Waals surface area contributed by atoms with Gasteiger partial charge in [-0.2, -0.15) is 5.10 Å². The van der Waals surface area contributed by atoms with Gasteiger partial charge in [-0.3, -0.25) is 9.89 Å². The van der Waals surface area contributed by atoms with Crippen molar-refractivity contribution < 1.29 is 14.3 Å². The first-order valence-electron chi connectivity index (χ1n) is 6.22. The Balaban J connectivity index is 1.66. The van der Waals surface area contributed by atoms with Gasteiger partial charge in [0.15, 0.2) is 11.5 Å². The molecule has 1 N–H and O–H groups in total. The molecule has 1 aliphatic rings. The largest absolute Gasteiger partial charge is 0.485 e. The summed E-state index contributed by atoms with van der Waals surface area (Å²) < 4.78 is 11.2. The summed E-state index contributed by atoms with van der Waals surface area (Å²) in [5.74, 6) is 1.72. The Morgan fingerprint density at radius 1 is 1.45 bits per heavy atom. The Hall–Kier alpha value is -2.57. The molecule has 3 rings (SSSR count). The number of aromatic nitrogens is 3. The van der Waals surface area contributed by atoms with Crippen molar-refractivity contribution in [2.24, 2.45) is 0 Å². The summed E-state index contributed by atoms with van der Waals surface area (Å²) in [7, 11) is 1.69. The first kappa shape index (κ1) is 12.5. The van der Waals surface area contributed by atoms with E-state index in [0.717, 1.165) is 0 Å². The van der Waals surface area contributed by atoms with Gasteiger partial charge in [0.1, 0.15) is 18.8 Å². The van der Waals surface area contributed by atoms with Gasteiger partial charge < -0.3 is 14.4 Å². The molecule has 0 saturated carbocycles. The standard InChI is InChI=1S/C13H14N4O3/c1-17(6-12-14-8-15-16-12)13(18)11-7-19-9-4-2-3-5-10(9)20-11/h2-5,8,11H,6-7H2,1H3,(H,14,15,16). The van der Waals surface area contributed by atoms with E-state index in [9.17, 15) is 4.79 Å². The zero-order chi connectivity index (χ0) is 13.9.